The van der Waals surface area contributed by atoms with E-state index in [-0.39, 0.29) is 29.9 Å². The molecule has 7 nitrogen and oxygen atoms in total. The number of rotatable bonds is 5. The smallest absolute Gasteiger partial charge is 0.292 e. The first kappa shape index (κ1) is 14.4. The van der Waals surface area contributed by atoms with Gasteiger partial charge in [0.05, 0.1) is 11.0 Å². The van der Waals surface area contributed by atoms with Gasteiger partial charge in [-0.2, -0.15) is 0 Å². The molecular weight excluding hydrogens is 238 g/mol. The Morgan fingerprint density at radius 1 is 1.44 bits per heavy atom. The predicted molar refractivity (Wildman–Crippen MR) is 66.9 cm³/mol. The fourth-order valence-electron chi connectivity index (χ4n) is 1.68. The second kappa shape index (κ2) is 5.76. The zero-order valence-electron chi connectivity index (χ0n) is 10.0. The number of hydrogen-bond acceptors (Lipinski definition) is 6. The Kier molecular flexibility index (Phi) is 4.60. The lowest BCUT2D eigenvalue weighted by atomic mass is 9.98. The van der Waals surface area contributed by atoms with E-state index in [0.29, 0.717) is 5.56 Å². The Hall–Kier alpha value is -1.70. The van der Waals surface area contributed by atoms with Crippen molar-refractivity contribution in [3.05, 3.63) is 33.4 Å². The van der Waals surface area contributed by atoms with Crippen LogP contribution in [-0.4, -0.2) is 27.8 Å². The number of nitro benzene ring substituents is 1. The van der Waals surface area contributed by atoms with Crippen LogP contribution in [0.1, 0.15) is 23.7 Å². The molecule has 0 aliphatic rings. The Morgan fingerprint density at radius 3 is 2.56 bits per heavy atom. The van der Waals surface area contributed by atoms with Crippen LogP contribution in [0.15, 0.2) is 12.1 Å². The third-order valence-corrected chi connectivity index (χ3v) is 2.75. The van der Waals surface area contributed by atoms with E-state index in [9.17, 15) is 20.3 Å². The van der Waals surface area contributed by atoms with E-state index in [0.717, 1.165) is 0 Å². The number of aliphatic hydroxyl groups is 2. The molecule has 0 fully saturated rings. The molecule has 2 atom stereocenters. The monoisotopic (exact) mass is 255 g/mol. The van der Waals surface area contributed by atoms with Crippen LogP contribution in [0.4, 0.5) is 11.4 Å². The molecule has 1 aromatic rings. The zero-order valence-corrected chi connectivity index (χ0v) is 10.0. The number of nitrogens with two attached hydrogens (primary N) is 2. The third-order valence-electron chi connectivity index (χ3n) is 2.75. The Morgan fingerprint density at radius 2 is 2.06 bits per heavy atom. The van der Waals surface area contributed by atoms with E-state index in [2.05, 4.69) is 0 Å². The van der Waals surface area contributed by atoms with E-state index >= 15 is 0 Å². The van der Waals surface area contributed by atoms with Crippen molar-refractivity contribution >= 4 is 11.4 Å². The fraction of sp³-hybridized carbons (Fsp3) is 0.455. The number of nitrogens with zero attached hydrogens (tertiary/aromatic N) is 1. The van der Waals surface area contributed by atoms with Crippen molar-refractivity contribution < 1.29 is 15.1 Å². The molecule has 0 saturated carbocycles. The number of hydrogen-bond donors (Lipinski definition) is 4. The van der Waals surface area contributed by atoms with Crippen molar-refractivity contribution in [1.29, 1.82) is 0 Å². The van der Waals surface area contributed by atoms with Crippen molar-refractivity contribution in [2.24, 2.45) is 5.73 Å². The summed E-state index contributed by atoms with van der Waals surface area (Å²) in [7, 11) is 0. The summed E-state index contributed by atoms with van der Waals surface area (Å²) in [5.74, 6) is 0. The molecule has 0 saturated heterocycles. The molecule has 6 N–H and O–H groups in total. The zero-order chi connectivity index (χ0) is 13.9. The van der Waals surface area contributed by atoms with Gasteiger partial charge in [-0.25, -0.2) is 0 Å². The first-order valence-corrected chi connectivity index (χ1v) is 5.49. The minimum Gasteiger partial charge on any atom is -0.393 e. The normalized spacial score (nSPS) is 14.2. The maximum Gasteiger partial charge on any atom is 0.292 e. The lowest BCUT2D eigenvalue weighted by molar-refractivity contribution is -0.384. The molecule has 0 aliphatic heterocycles. The quantitative estimate of drug-likeness (QED) is 0.338. The predicted octanol–water partition coefficient (Wildman–Crippen LogP) is 0.229. The molecular formula is C11H17N3O4. The largest absolute Gasteiger partial charge is 0.393 e. The van der Waals surface area contributed by atoms with Crippen molar-refractivity contribution in [3.63, 3.8) is 0 Å². The molecule has 1 aromatic carbocycles. The van der Waals surface area contributed by atoms with Crippen LogP contribution in [0, 0.1) is 17.0 Å². The average Bonchev–Trinajstić information content (AvgIpc) is 2.31. The van der Waals surface area contributed by atoms with E-state index in [1.807, 2.05) is 0 Å². The fourth-order valence-corrected chi connectivity index (χ4v) is 1.68. The molecule has 2 unspecified atom stereocenters. The van der Waals surface area contributed by atoms with Gasteiger partial charge in [-0.3, -0.25) is 10.1 Å². The Bertz CT molecular complexity index is 450. The van der Waals surface area contributed by atoms with E-state index in [4.69, 9.17) is 11.5 Å². The van der Waals surface area contributed by atoms with E-state index in [1.165, 1.54) is 12.1 Å². The van der Waals surface area contributed by atoms with Crippen molar-refractivity contribution in [3.8, 4) is 0 Å². The van der Waals surface area contributed by atoms with Gasteiger partial charge in [-0.1, -0.05) is 6.07 Å². The molecule has 0 aliphatic carbocycles. The summed E-state index contributed by atoms with van der Waals surface area (Å²) < 4.78 is 0. The molecule has 0 heterocycles. The Labute approximate surface area is 104 Å². The van der Waals surface area contributed by atoms with Crippen LogP contribution < -0.4 is 11.5 Å². The number of aryl methyl sites for hydroxylation is 1. The number of nitrogen functional groups attached to an aromatic ring is 1. The molecule has 1 rings (SSSR count). The van der Waals surface area contributed by atoms with Gasteiger partial charge in [-0.15, -0.1) is 0 Å². The Balaban J connectivity index is 3.14. The molecule has 18 heavy (non-hydrogen) atoms. The molecule has 100 valence electrons. The van der Waals surface area contributed by atoms with Crippen LogP contribution in [0.3, 0.4) is 0 Å². The number of benzene rings is 1. The summed E-state index contributed by atoms with van der Waals surface area (Å²) in [5, 5.41) is 30.3. The molecule has 7 heteroatoms. The standard InChI is InChI=1S/C11H17N3O4/c1-6-4-7(11(16)9(15)2-3-12)5-8(10(6)13)14(17)18/h4-5,9,11,15-16H,2-3,12-13H2,1H3. The second-order valence-corrected chi connectivity index (χ2v) is 4.12. The lowest BCUT2D eigenvalue weighted by Crippen LogP contribution is -2.22. The average molecular weight is 255 g/mol. The lowest BCUT2D eigenvalue weighted by Gasteiger charge is -2.18. The van der Waals surface area contributed by atoms with Crippen LogP contribution in [-0.2, 0) is 0 Å². The summed E-state index contributed by atoms with van der Waals surface area (Å²) in [6, 6.07) is 2.69. The maximum atomic E-state index is 10.8. The molecule has 0 aromatic heterocycles. The summed E-state index contributed by atoms with van der Waals surface area (Å²) >= 11 is 0. The first-order valence-electron chi connectivity index (χ1n) is 5.49. The van der Waals surface area contributed by atoms with Crippen LogP contribution in [0.25, 0.3) is 0 Å². The molecule has 0 spiro atoms. The van der Waals surface area contributed by atoms with Gasteiger partial charge >= 0.3 is 0 Å². The topological polar surface area (TPSA) is 136 Å². The molecule has 0 bridgehead atoms. The summed E-state index contributed by atoms with van der Waals surface area (Å²) in [6.45, 7) is 1.82. The van der Waals surface area contributed by atoms with Crippen LogP contribution in [0.2, 0.25) is 0 Å². The van der Waals surface area contributed by atoms with Crippen LogP contribution in [0.5, 0.6) is 0 Å². The highest BCUT2D eigenvalue weighted by Crippen LogP contribution is 2.30. The number of aliphatic hydroxyl groups excluding tert-OH is 2. The number of nitro groups is 1. The van der Waals surface area contributed by atoms with Gasteiger partial charge in [0.15, 0.2) is 0 Å². The summed E-state index contributed by atoms with van der Waals surface area (Å²) in [5.41, 5.74) is 11.4. The van der Waals surface area contributed by atoms with Gasteiger partial charge in [0.1, 0.15) is 11.8 Å². The van der Waals surface area contributed by atoms with Gasteiger partial charge in [-0.05, 0) is 31.0 Å². The molecule has 0 amide bonds. The van der Waals surface area contributed by atoms with Crippen molar-refractivity contribution in [1.82, 2.24) is 0 Å². The summed E-state index contributed by atoms with van der Waals surface area (Å²) in [6.07, 6.45) is -2.07. The van der Waals surface area contributed by atoms with Crippen LogP contribution >= 0.6 is 0 Å². The minimum absolute atomic E-state index is 0.0595. The summed E-state index contributed by atoms with van der Waals surface area (Å²) in [4.78, 5) is 10.2. The second-order valence-electron chi connectivity index (χ2n) is 4.12. The first-order chi connectivity index (χ1) is 8.38. The van der Waals surface area contributed by atoms with E-state index < -0.39 is 17.1 Å². The van der Waals surface area contributed by atoms with E-state index in [1.54, 1.807) is 6.92 Å². The van der Waals surface area contributed by atoms with Crippen molar-refractivity contribution in [2.45, 2.75) is 25.6 Å². The van der Waals surface area contributed by atoms with Gasteiger partial charge < -0.3 is 21.7 Å². The number of anilines is 1. The van der Waals surface area contributed by atoms with Crippen molar-refractivity contribution in [2.75, 3.05) is 12.3 Å². The SMILES string of the molecule is Cc1cc(C(O)C(O)CCN)cc([N+](=O)[O-])c1N. The van der Waals surface area contributed by atoms with Gasteiger partial charge in [0.2, 0.25) is 0 Å². The minimum atomic E-state index is -1.22. The highest BCUT2D eigenvalue weighted by atomic mass is 16.6. The van der Waals surface area contributed by atoms with Gasteiger partial charge in [0, 0.05) is 6.07 Å². The third kappa shape index (κ3) is 2.95. The van der Waals surface area contributed by atoms with Gasteiger partial charge in [0.25, 0.3) is 5.69 Å². The molecule has 0 radical (unpaired) electrons. The highest BCUT2D eigenvalue weighted by Gasteiger charge is 2.22. The maximum absolute atomic E-state index is 10.8. The highest BCUT2D eigenvalue weighted by molar-refractivity contribution is 5.64.